The van der Waals surface area contributed by atoms with E-state index < -0.39 is 5.91 Å². The van der Waals surface area contributed by atoms with E-state index in [1.165, 1.54) is 0 Å². The first-order chi connectivity index (χ1) is 15.0. The lowest BCUT2D eigenvalue weighted by molar-refractivity contribution is -0.117. The summed E-state index contributed by atoms with van der Waals surface area (Å²) < 4.78 is 7.55. The molecule has 3 aromatic rings. The lowest BCUT2D eigenvalue weighted by Gasteiger charge is -2.12. The summed E-state index contributed by atoms with van der Waals surface area (Å²) in [5.41, 5.74) is 2.72. The largest absolute Gasteiger partial charge is 0.487 e. The number of benzene rings is 3. The minimum absolute atomic E-state index is 0.0356. The predicted octanol–water partition coefficient (Wildman–Crippen LogP) is 6.51. The number of nitriles is 1. The van der Waals surface area contributed by atoms with Crippen molar-refractivity contribution in [2.24, 2.45) is 0 Å². The molecule has 0 aliphatic heterocycles. The van der Waals surface area contributed by atoms with E-state index in [1.807, 2.05) is 72.8 Å². The van der Waals surface area contributed by atoms with Crippen molar-refractivity contribution in [2.75, 3.05) is 0 Å². The standard InChI is InChI=1S/C24H17BrClIN2O2/c25-21-11-18(10-19(13-28)24(30)29-14-16-4-2-1-3-5-16)12-22(27)23(21)31-15-17-6-8-20(26)9-7-17/h1-12H,14-15H2,(H,29,30)/b19-10-. The minimum Gasteiger partial charge on any atom is -0.487 e. The van der Waals surface area contributed by atoms with Gasteiger partial charge in [-0.05, 0) is 85.6 Å². The second kappa shape index (κ2) is 11.3. The molecule has 0 spiro atoms. The van der Waals surface area contributed by atoms with Crippen molar-refractivity contribution in [3.05, 3.63) is 102 Å². The third-order valence-corrected chi connectivity index (χ3v) is 5.93. The van der Waals surface area contributed by atoms with Crippen LogP contribution in [0, 0.1) is 14.9 Å². The molecule has 156 valence electrons. The third kappa shape index (κ3) is 6.82. The summed E-state index contributed by atoms with van der Waals surface area (Å²) in [5, 5.41) is 12.9. The topological polar surface area (TPSA) is 62.1 Å². The molecule has 0 atom stereocenters. The minimum atomic E-state index is -0.416. The summed E-state index contributed by atoms with van der Waals surface area (Å²) in [4.78, 5) is 12.4. The van der Waals surface area contributed by atoms with Crippen molar-refractivity contribution in [1.29, 1.82) is 5.26 Å². The maximum absolute atomic E-state index is 12.4. The zero-order chi connectivity index (χ0) is 22.2. The van der Waals surface area contributed by atoms with E-state index in [0.717, 1.165) is 24.7 Å². The number of rotatable bonds is 7. The van der Waals surface area contributed by atoms with Gasteiger partial charge in [-0.25, -0.2) is 0 Å². The van der Waals surface area contributed by atoms with E-state index in [-0.39, 0.29) is 5.57 Å². The zero-order valence-corrected chi connectivity index (χ0v) is 20.7. The quantitative estimate of drug-likeness (QED) is 0.189. The molecular formula is C24H17BrClIN2O2. The number of nitrogens with one attached hydrogen (secondary N) is 1. The fourth-order valence-corrected chi connectivity index (χ4v) is 4.62. The monoisotopic (exact) mass is 606 g/mol. The molecule has 0 aromatic heterocycles. The van der Waals surface area contributed by atoms with Crippen molar-refractivity contribution in [3.8, 4) is 11.8 Å². The number of hydrogen-bond donors (Lipinski definition) is 1. The summed E-state index contributed by atoms with van der Waals surface area (Å²) in [5.74, 6) is 0.278. The van der Waals surface area contributed by atoms with Gasteiger partial charge >= 0.3 is 0 Å². The van der Waals surface area contributed by atoms with Crippen LogP contribution >= 0.6 is 50.1 Å². The molecule has 3 aromatic carbocycles. The molecule has 0 radical (unpaired) electrons. The van der Waals surface area contributed by atoms with Crippen LogP contribution in [0.5, 0.6) is 5.75 Å². The van der Waals surface area contributed by atoms with Crippen LogP contribution in [0.4, 0.5) is 0 Å². The van der Waals surface area contributed by atoms with Crippen molar-refractivity contribution >= 4 is 62.1 Å². The highest BCUT2D eigenvalue weighted by molar-refractivity contribution is 14.1. The average molecular weight is 608 g/mol. The number of hydrogen-bond acceptors (Lipinski definition) is 3. The Morgan fingerprint density at radius 2 is 1.84 bits per heavy atom. The molecule has 0 saturated carbocycles. The molecule has 0 unspecified atom stereocenters. The molecule has 31 heavy (non-hydrogen) atoms. The first kappa shape index (κ1) is 23.3. The van der Waals surface area contributed by atoms with E-state index >= 15 is 0 Å². The molecule has 0 fully saturated rings. The van der Waals surface area contributed by atoms with Gasteiger partial charge in [0.1, 0.15) is 24.0 Å². The summed E-state index contributed by atoms with van der Waals surface area (Å²) in [6, 6.07) is 22.7. The lowest BCUT2D eigenvalue weighted by atomic mass is 10.1. The summed E-state index contributed by atoms with van der Waals surface area (Å²) in [7, 11) is 0. The van der Waals surface area contributed by atoms with Gasteiger partial charge in [0.25, 0.3) is 5.91 Å². The molecular weight excluding hydrogens is 591 g/mol. The molecule has 7 heteroatoms. The van der Waals surface area contributed by atoms with Crippen molar-refractivity contribution < 1.29 is 9.53 Å². The highest BCUT2D eigenvalue weighted by atomic mass is 127. The highest BCUT2D eigenvalue weighted by Gasteiger charge is 2.12. The normalized spacial score (nSPS) is 11.0. The Labute approximate surface area is 208 Å². The van der Waals surface area contributed by atoms with Gasteiger partial charge in [-0.15, -0.1) is 0 Å². The molecule has 1 amide bonds. The van der Waals surface area contributed by atoms with Gasteiger partial charge in [0, 0.05) is 11.6 Å². The molecule has 0 bridgehead atoms. The van der Waals surface area contributed by atoms with Crippen LogP contribution < -0.4 is 10.1 Å². The van der Waals surface area contributed by atoms with Gasteiger partial charge in [-0.3, -0.25) is 4.79 Å². The van der Waals surface area contributed by atoms with Gasteiger partial charge in [0.05, 0.1) is 8.04 Å². The molecule has 3 rings (SSSR count). The SMILES string of the molecule is N#C/C(=C/c1cc(Br)c(OCc2ccc(Cl)cc2)c(I)c1)C(=O)NCc1ccccc1. The van der Waals surface area contributed by atoms with Crippen LogP contribution in [0.15, 0.2) is 76.8 Å². The number of ether oxygens (including phenoxy) is 1. The number of halogens is 3. The Hall–Kier alpha value is -2.34. The molecule has 4 nitrogen and oxygen atoms in total. The fraction of sp³-hybridized carbons (Fsp3) is 0.0833. The van der Waals surface area contributed by atoms with Crippen molar-refractivity contribution in [1.82, 2.24) is 5.32 Å². The van der Waals surface area contributed by atoms with E-state index in [9.17, 15) is 10.1 Å². The molecule has 0 heterocycles. The molecule has 0 aliphatic rings. The van der Waals surface area contributed by atoms with Crippen LogP contribution in [-0.4, -0.2) is 5.91 Å². The maximum Gasteiger partial charge on any atom is 0.262 e. The van der Waals surface area contributed by atoms with Crippen molar-refractivity contribution in [2.45, 2.75) is 13.2 Å². The second-order valence-electron chi connectivity index (χ2n) is 6.57. The van der Waals surface area contributed by atoms with Crippen LogP contribution in [0.2, 0.25) is 5.02 Å². The number of amides is 1. The summed E-state index contributed by atoms with van der Waals surface area (Å²) in [6.45, 7) is 0.754. The second-order valence-corrected chi connectivity index (χ2v) is 9.02. The van der Waals surface area contributed by atoms with Crippen LogP contribution in [0.1, 0.15) is 16.7 Å². The Morgan fingerprint density at radius 1 is 1.13 bits per heavy atom. The smallest absolute Gasteiger partial charge is 0.262 e. The summed E-state index contributed by atoms with van der Waals surface area (Å²) >= 11 is 11.6. The van der Waals surface area contributed by atoms with E-state index in [4.69, 9.17) is 16.3 Å². The number of nitrogens with zero attached hydrogens (tertiary/aromatic N) is 1. The van der Waals surface area contributed by atoms with Gasteiger partial charge in [-0.2, -0.15) is 5.26 Å². The third-order valence-electron chi connectivity index (χ3n) is 4.29. The van der Waals surface area contributed by atoms with Crippen molar-refractivity contribution in [3.63, 3.8) is 0 Å². The average Bonchev–Trinajstić information content (AvgIpc) is 2.77. The van der Waals surface area contributed by atoms with Crippen LogP contribution in [0.3, 0.4) is 0 Å². The fourth-order valence-electron chi connectivity index (χ4n) is 2.73. The number of carbonyl (C=O) groups excluding carboxylic acids is 1. The Morgan fingerprint density at radius 3 is 2.48 bits per heavy atom. The lowest BCUT2D eigenvalue weighted by Crippen LogP contribution is -2.23. The first-order valence-corrected chi connectivity index (χ1v) is 11.5. The maximum atomic E-state index is 12.4. The number of carbonyl (C=O) groups is 1. The van der Waals surface area contributed by atoms with E-state index in [1.54, 1.807) is 6.08 Å². The van der Waals surface area contributed by atoms with Crippen LogP contribution in [-0.2, 0) is 17.9 Å². The summed E-state index contributed by atoms with van der Waals surface area (Å²) in [6.07, 6.45) is 1.57. The highest BCUT2D eigenvalue weighted by Crippen LogP contribution is 2.33. The van der Waals surface area contributed by atoms with Gasteiger partial charge < -0.3 is 10.1 Å². The van der Waals surface area contributed by atoms with Gasteiger partial charge in [0.15, 0.2) is 0 Å². The van der Waals surface area contributed by atoms with E-state index in [0.29, 0.717) is 23.9 Å². The molecule has 1 N–H and O–H groups in total. The van der Waals surface area contributed by atoms with Gasteiger partial charge in [0.2, 0.25) is 0 Å². The Kier molecular flexibility index (Phi) is 8.52. The molecule has 0 saturated heterocycles. The Balaban J connectivity index is 1.71. The molecule has 0 aliphatic carbocycles. The first-order valence-electron chi connectivity index (χ1n) is 9.26. The van der Waals surface area contributed by atoms with E-state index in [2.05, 4.69) is 43.8 Å². The van der Waals surface area contributed by atoms with Crippen LogP contribution in [0.25, 0.3) is 6.08 Å². The Bertz CT molecular complexity index is 1120. The zero-order valence-electron chi connectivity index (χ0n) is 16.2. The predicted molar refractivity (Wildman–Crippen MR) is 135 cm³/mol. The van der Waals surface area contributed by atoms with Gasteiger partial charge in [-0.1, -0.05) is 54.1 Å².